The van der Waals surface area contributed by atoms with E-state index in [4.69, 9.17) is 9.72 Å². The lowest BCUT2D eigenvalue weighted by Crippen LogP contribution is -2.31. The van der Waals surface area contributed by atoms with Gasteiger partial charge in [0.05, 0.1) is 16.7 Å². The molecule has 0 N–H and O–H groups in total. The quantitative estimate of drug-likeness (QED) is 0.671. The van der Waals surface area contributed by atoms with Crippen molar-refractivity contribution in [1.82, 2.24) is 9.97 Å². The molecule has 1 atom stereocenters. The van der Waals surface area contributed by atoms with Crippen LogP contribution in [0.4, 0.5) is 0 Å². The minimum absolute atomic E-state index is 0.334. The summed E-state index contributed by atoms with van der Waals surface area (Å²) < 4.78 is 5.77. The highest BCUT2D eigenvalue weighted by molar-refractivity contribution is 6.03. The molecule has 2 aromatic heterocycles. The van der Waals surface area contributed by atoms with Crippen LogP contribution in [0.2, 0.25) is 0 Å². The van der Waals surface area contributed by atoms with Crippen molar-refractivity contribution in [3.8, 4) is 0 Å². The highest BCUT2D eigenvalue weighted by Crippen LogP contribution is 2.33. The number of ether oxygens (including phenoxy) is 1. The van der Waals surface area contributed by atoms with E-state index in [2.05, 4.69) is 50.0 Å². The smallest absolute Gasteiger partial charge is 0.109 e. The average Bonchev–Trinajstić information content (AvgIpc) is 2.53. The van der Waals surface area contributed by atoms with E-state index in [1.54, 1.807) is 7.11 Å². The summed E-state index contributed by atoms with van der Waals surface area (Å²) in [5.41, 5.74) is 2.53. The molecule has 0 aliphatic rings. The van der Waals surface area contributed by atoms with Crippen LogP contribution in [0.15, 0.2) is 42.6 Å². The molecule has 0 radical (unpaired) electrons. The summed E-state index contributed by atoms with van der Waals surface area (Å²) >= 11 is 0. The summed E-state index contributed by atoms with van der Waals surface area (Å²) in [5, 5.41) is 2.21. The van der Waals surface area contributed by atoms with Gasteiger partial charge in [0.1, 0.15) is 5.60 Å². The standard InChI is InChI=1S/C18H20N2O/c1-12(2)18(3,21-4)16-10-8-13-7-9-15-14(17(13)20-16)6-5-11-19-15/h5-12H,1-4H3. The molecule has 0 spiro atoms. The molecule has 3 aromatic rings. The van der Waals surface area contributed by atoms with E-state index < -0.39 is 5.60 Å². The Morgan fingerprint density at radius 2 is 1.86 bits per heavy atom. The fourth-order valence-electron chi connectivity index (χ4n) is 2.65. The summed E-state index contributed by atoms with van der Waals surface area (Å²) in [4.78, 5) is 9.31. The van der Waals surface area contributed by atoms with Gasteiger partial charge in [0.2, 0.25) is 0 Å². The molecule has 3 nitrogen and oxygen atoms in total. The Balaban J connectivity index is 2.30. The van der Waals surface area contributed by atoms with Crippen molar-refractivity contribution >= 4 is 21.8 Å². The second-order valence-electron chi connectivity index (χ2n) is 5.87. The Morgan fingerprint density at radius 3 is 2.57 bits per heavy atom. The molecule has 0 amide bonds. The molecule has 0 aliphatic heterocycles. The second kappa shape index (κ2) is 5.08. The SMILES string of the molecule is COC(C)(c1ccc2ccc3ncccc3c2n1)C(C)C. The number of fused-ring (bicyclic) bond motifs is 3. The van der Waals surface area contributed by atoms with Crippen LogP contribution in [0.1, 0.15) is 26.5 Å². The lowest BCUT2D eigenvalue weighted by molar-refractivity contribution is -0.0405. The van der Waals surface area contributed by atoms with Gasteiger partial charge >= 0.3 is 0 Å². The predicted molar refractivity (Wildman–Crippen MR) is 86.2 cm³/mol. The van der Waals surface area contributed by atoms with Crippen LogP contribution >= 0.6 is 0 Å². The van der Waals surface area contributed by atoms with Crippen LogP contribution in [-0.2, 0) is 10.3 Å². The van der Waals surface area contributed by atoms with E-state index in [1.165, 1.54) is 0 Å². The molecule has 21 heavy (non-hydrogen) atoms. The van der Waals surface area contributed by atoms with Crippen LogP contribution in [0.3, 0.4) is 0 Å². The summed E-state index contributed by atoms with van der Waals surface area (Å²) in [6.45, 7) is 6.40. The van der Waals surface area contributed by atoms with Gasteiger partial charge in [0.15, 0.2) is 0 Å². The number of hydrogen-bond donors (Lipinski definition) is 0. The molecule has 1 aromatic carbocycles. The first-order valence-corrected chi connectivity index (χ1v) is 7.26. The largest absolute Gasteiger partial charge is 0.372 e. The van der Waals surface area contributed by atoms with Crippen LogP contribution in [0.5, 0.6) is 0 Å². The maximum Gasteiger partial charge on any atom is 0.109 e. The van der Waals surface area contributed by atoms with Crippen molar-refractivity contribution in [3.05, 3.63) is 48.3 Å². The predicted octanol–water partition coefficient (Wildman–Crippen LogP) is 4.30. The molecule has 1 unspecified atom stereocenters. The lowest BCUT2D eigenvalue weighted by Gasteiger charge is -2.32. The fraction of sp³-hybridized carbons (Fsp3) is 0.333. The van der Waals surface area contributed by atoms with Crippen molar-refractivity contribution in [2.75, 3.05) is 7.11 Å². The number of nitrogens with zero attached hydrogens (tertiary/aromatic N) is 2. The van der Waals surface area contributed by atoms with Gasteiger partial charge in [-0.3, -0.25) is 4.98 Å². The minimum Gasteiger partial charge on any atom is -0.372 e. The van der Waals surface area contributed by atoms with Gasteiger partial charge in [-0.1, -0.05) is 26.0 Å². The monoisotopic (exact) mass is 280 g/mol. The molecule has 0 fully saturated rings. The zero-order valence-electron chi connectivity index (χ0n) is 12.9. The second-order valence-corrected chi connectivity index (χ2v) is 5.87. The third-order valence-corrected chi connectivity index (χ3v) is 4.48. The van der Waals surface area contributed by atoms with Gasteiger partial charge in [-0.15, -0.1) is 0 Å². The van der Waals surface area contributed by atoms with Crippen molar-refractivity contribution in [3.63, 3.8) is 0 Å². The van der Waals surface area contributed by atoms with E-state index in [1.807, 2.05) is 18.3 Å². The molecule has 0 saturated heterocycles. The van der Waals surface area contributed by atoms with Crippen molar-refractivity contribution in [2.24, 2.45) is 5.92 Å². The highest BCUT2D eigenvalue weighted by atomic mass is 16.5. The molecule has 3 heteroatoms. The van der Waals surface area contributed by atoms with E-state index in [0.29, 0.717) is 5.92 Å². The van der Waals surface area contributed by atoms with Crippen LogP contribution in [0, 0.1) is 5.92 Å². The van der Waals surface area contributed by atoms with Gasteiger partial charge < -0.3 is 4.74 Å². The molecule has 3 rings (SSSR count). The topological polar surface area (TPSA) is 35.0 Å². The summed E-state index contributed by atoms with van der Waals surface area (Å²) in [5.74, 6) is 0.334. The van der Waals surface area contributed by atoms with Gasteiger partial charge in [0, 0.05) is 24.1 Å². The van der Waals surface area contributed by atoms with E-state index >= 15 is 0 Å². The van der Waals surface area contributed by atoms with Gasteiger partial charge in [-0.25, -0.2) is 4.98 Å². The Labute approximate surface area is 125 Å². The number of pyridine rings is 2. The molecule has 0 aliphatic carbocycles. The molecule has 108 valence electrons. The normalized spacial score (nSPS) is 14.7. The maximum absolute atomic E-state index is 5.77. The van der Waals surface area contributed by atoms with Gasteiger partial charge in [-0.2, -0.15) is 0 Å². The lowest BCUT2D eigenvalue weighted by atomic mass is 9.88. The first-order valence-electron chi connectivity index (χ1n) is 7.26. The summed E-state index contributed by atoms with van der Waals surface area (Å²) in [6.07, 6.45) is 1.81. The molecule has 0 saturated carbocycles. The summed E-state index contributed by atoms with van der Waals surface area (Å²) in [7, 11) is 1.75. The van der Waals surface area contributed by atoms with Crippen molar-refractivity contribution in [2.45, 2.75) is 26.4 Å². The third-order valence-electron chi connectivity index (χ3n) is 4.48. The molecule has 2 heterocycles. The molecular weight excluding hydrogens is 260 g/mol. The Hall–Kier alpha value is -2.00. The van der Waals surface area contributed by atoms with Crippen molar-refractivity contribution < 1.29 is 4.74 Å². The van der Waals surface area contributed by atoms with Crippen LogP contribution < -0.4 is 0 Å². The molecule has 0 bridgehead atoms. The van der Waals surface area contributed by atoms with E-state index in [0.717, 1.165) is 27.5 Å². The van der Waals surface area contributed by atoms with Crippen LogP contribution in [0.25, 0.3) is 21.8 Å². The Morgan fingerprint density at radius 1 is 1.10 bits per heavy atom. The molecular formula is C18H20N2O. The number of benzene rings is 1. The third kappa shape index (κ3) is 2.18. The number of aromatic nitrogens is 2. The van der Waals surface area contributed by atoms with Crippen molar-refractivity contribution in [1.29, 1.82) is 0 Å². The van der Waals surface area contributed by atoms with Crippen LogP contribution in [-0.4, -0.2) is 17.1 Å². The van der Waals surface area contributed by atoms with Gasteiger partial charge in [0.25, 0.3) is 0 Å². The van der Waals surface area contributed by atoms with Gasteiger partial charge in [-0.05, 0) is 37.1 Å². The highest BCUT2D eigenvalue weighted by Gasteiger charge is 2.31. The van der Waals surface area contributed by atoms with E-state index in [9.17, 15) is 0 Å². The Kier molecular flexibility index (Phi) is 3.38. The Bertz CT molecular complexity index is 797. The first-order chi connectivity index (χ1) is 10.1. The number of methoxy groups -OCH3 is 1. The number of rotatable bonds is 3. The zero-order chi connectivity index (χ0) is 15.0. The summed E-state index contributed by atoms with van der Waals surface area (Å²) in [6, 6.07) is 12.3. The fourth-order valence-corrected chi connectivity index (χ4v) is 2.65. The minimum atomic E-state index is -0.390. The number of hydrogen-bond acceptors (Lipinski definition) is 3. The average molecular weight is 280 g/mol. The zero-order valence-corrected chi connectivity index (χ0v) is 12.9. The van der Waals surface area contributed by atoms with E-state index in [-0.39, 0.29) is 0 Å². The maximum atomic E-state index is 5.77. The first kappa shape index (κ1) is 14.0.